The van der Waals surface area contributed by atoms with Crippen LogP contribution in [0.4, 0.5) is 0 Å². The van der Waals surface area contributed by atoms with E-state index in [1.54, 1.807) is 0 Å². The maximum atomic E-state index is 4.67. The molecule has 3 heteroatoms. The first-order valence-electron chi connectivity index (χ1n) is 5.98. The maximum Gasteiger partial charge on any atom is 0.106 e. The van der Waals surface area contributed by atoms with Crippen LogP contribution in [0.2, 0.25) is 0 Å². The summed E-state index contributed by atoms with van der Waals surface area (Å²) in [6.07, 6.45) is 0. The first kappa shape index (κ1) is 12.1. The average molecular weight is 311 g/mol. The Labute approximate surface area is 120 Å². The highest BCUT2D eigenvalue weighted by molar-refractivity contribution is 9.10. The van der Waals surface area contributed by atoms with Crippen molar-refractivity contribution in [2.75, 3.05) is 0 Å². The third kappa shape index (κ3) is 2.71. The molecule has 3 rings (SSSR count). The van der Waals surface area contributed by atoms with Gasteiger partial charge in [0.15, 0.2) is 0 Å². The molecule has 0 atom stereocenters. The molecule has 2 nitrogen and oxygen atoms in total. The van der Waals surface area contributed by atoms with E-state index >= 15 is 0 Å². The Morgan fingerprint density at radius 1 is 0.579 bits per heavy atom. The second-order valence-corrected chi connectivity index (χ2v) is 4.93. The number of rotatable bonds is 2. The van der Waals surface area contributed by atoms with Crippen molar-refractivity contribution in [2.24, 2.45) is 0 Å². The molecule has 0 radical (unpaired) electrons. The molecule has 0 unspecified atom stereocenters. The summed E-state index contributed by atoms with van der Waals surface area (Å²) < 4.78 is 0.817. The molecule has 2 heterocycles. The number of hydrogen-bond donors (Lipinski definition) is 0. The van der Waals surface area contributed by atoms with Gasteiger partial charge >= 0.3 is 0 Å². The van der Waals surface area contributed by atoms with Crippen molar-refractivity contribution < 1.29 is 0 Å². The van der Waals surface area contributed by atoms with Crippen molar-refractivity contribution in [1.29, 1.82) is 0 Å². The van der Waals surface area contributed by atoms with Gasteiger partial charge in [-0.25, -0.2) is 9.97 Å². The largest absolute Gasteiger partial charge is 0.246 e. The molecule has 0 aliphatic rings. The number of pyridine rings is 2. The average Bonchev–Trinajstić information content (AvgIpc) is 2.48. The molecular weight excluding hydrogens is 300 g/mol. The Bertz CT molecular complexity index is 696. The molecular formula is C16H11BrN2. The Morgan fingerprint density at radius 2 is 1.21 bits per heavy atom. The monoisotopic (exact) mass is 310 g/mol. The fraction of sp³-hybridized carbons (Fsp3) is 0. The zero-order valence-corrected chi connectivity index (χ0v) is 11.7. The van der Waals surface area contributed by atoms with Gasteiger partial charge in [-0.2, -0.15) is 0 Å². The van der Waals surface area contributed by atoms with Gasteiger partial charge in [-0.3, -0.25) is 0 Å². The number of halogens is 1. The summed E-state index contributed by atoms with van der Waals surface area (Å²) in [5.74, 6) is 0. The Balaban J connectivity index is 2.06. The fourth-order valence-electron chi connectivity index (χ4n) is 1.90. The van der Waals surface area contributed by atoms with E-state index in [9.17, 15) is 0 Å². The van der Waals surface area contributed by atoms with Crippen molar-refractivity contribution in [3.05, 3.63) is 71.3 Å². The number of nitrogens with zero attached hydrogens (tertiary/aromatic N) is 2. The van der Waals surface area contributed by atoms with Gasteiger partial charge < -0.3 is 0 Å². The lowest BCUT2D eigenvalue weighted by Crippen LogP contribution is -1.90. The zero-order valence-electron chi connectivity index (χ0n) is 10.1. The fourth-order valence-corrected chi connectivity index (χ4v) is 2.24. The highest BCUT2D eigenvalue weighted by Gasteiger charge is 2.04. The van der Waals surface area contributed by atoms with Crippen LogP contribution >= 0.6 is 15.9 Å². The predicted molar refractivity (Wildman–Crippen MR) is 80.6 cm³/mol. The lowest BCUT2D eigenvalue weighted by atomic mass is 10.1. The van der Waals surface area contributed by atoms with Crippen molar-refractivity contribution in [3.63, 3.8) is 0 Å². The van der Waals surface area contributed by atoms with Gasteiger partial charge in [0.25, 0.3) is 0 Å². The highest BCUT2D eigenvalue weighted by Crippen LogP contribution is 2.22. The molecule has 3 aromatic rings. The lowest BCUT2D eigenvalue weighted by Gasteiger charge is -2.04. The van der Waals surface area contributed by atoms with E-state index in [1.165, 1.54) is 0 Å². The number of aromatic nitrogens is 2. The van der Waals surface area contributed by atoms with Gasteiger partial charge in [0.05, 0.1) is 17.1 Å². The van der Waals surface area contributed by atoms with Gasteiger partial charge in [0.1, 0.15) is 4.60 Å². The molecule has 0 bridgehead atoms. The van der Waals surface area contributed by atoms with Gasteiger partial charge in [0.2, 0.25) is 0 Å². The number of benzene rings is 1. The molecule has 0 amide bonds. The first-order valence-corrected chi connectivity index (χ1v) is 6.78. The van der Waals surface area contributed by atoms with E-state index in [0.29, 0.717) is 0 Å². The molecule has 19 heavy (non-hydrogen) atoms. The smallest absolute Gasteiger partial charge is 0.106 e. The van der Waals surface area contributed by atoms with Crippen LogP contribution in [-0.4, -0.2) is 9.97 Å². The lowest BCUT2D eigenvalue weighted by molar-refractivity contribution is 1.22. The zero-order chi connectivity index (χ0) is 13.1. The normalized spacial score (nSPS) is 10.4. The minimum atomic E-state index is 0.817. The van der Waals surface area contributed by atoms with Gasteiger partial charge in [-0.05, 0) is 40.2 Å². The molecule has 0 saturated carbocycles. The van der Waals surface area contributed by atoms with Crippen LogP contribution in [0.5, 0.6) is 0 Å². The summed E-state index contributed by atoms with van der Waals surface area (Å²) in [5, 5.41) is 0. The van der Waals surface area contributed by atoms with Gasteiger partial charge in [-0.15, -0.1) is 0 Å². The van der Waals surface area contributed by atoms with Crippen LogP contribution < -0.4 is 0 Å². The van der Waals surface area contributed by atoms with Crippen LogP contribution in [0.25, 0.3) is 22.6 Å². The van der Waals surface area contributed by atoms with Gasteiger partial charge in [0, 0.05) is 5.56 Å². The highest BCUT2D eigenvalue weighted by atomic mass is 79.9. The summed E-state index contributed by atoms with van der Waals surface area (Å²) in [7, 11) is 0. The van der Waals surface area contributed by atoms with Crippen LogP contribution in [0.3, 0.4) is 0 Å². The van der Waals surface area contributed by atoms with Crippen molar-refractivity contribution in [3.8, 4) is 22.6 Å². The summed E-state index contributed by atoms with van der Waals surface area (Å²) >= 11 is 3.38. The molecule has 0 fully saturated rings. The van der Waals surface area contributed by atoms with Crippen molar-refractivity contribution >= 4 is 15.9 Å². The van der Waals surface area contributed by atoms with Crippen LogP contribution in [-0.2, 0) is 0 Å². The van der Waals surface area contributed by atoms with E-state index < -0.39 is 0 Å². The summed E-state index contributed by atoms with van der Waals surface area (Å²) in [5.41, 5.74) is 3.81. The third-order valence-corrected chi connectivity index (χ3v) is 3.24. The summed E-state index contributed by atoms with van der Waals surface area (Å²) in [6, 6.07) is 22.0. The molecule has 0 N–H and O–H groups in total. The Hall–Kier alpha value is -2.00. The summed E-state index contributed by atoms with van der Waals surface area (Å²) in [6.45, 7) is 0. The molecule has 92 valence electrons. The van der Waals surface area contributed by atoms with Crippen LogP contribution in [0.15, 0.2) is 71.3 Å². The second-order valence-electron chi connectivity index (χ2n) is 4.12. The molecule has 0 saturated heterocycles. The van der Waals surface area contributed by atoms with Crippen LogP contribution in [0, 0.1) is 0 Å². The van der Waals surface area contributed by atoms with E-state index in [4.69, 9.17) is 0 Å². The number of hydrogen-bond acceptors (Lipinski definition) is 2. The van der Waals surface area contributed by atoms with Crippen LogP contribution in [0.1, 0.15) is 0 Å². The quantitative estimate of drug-likeness (QED) is 0.648. The van der Waals surface area contributed by atoms with E-state index in [-0.39, 0.29) is 0 Å². The van der Waals surface area contributed by atoms with E-state index in [0.717, 1.165) is 27.2 Å². The van der Waals surface area contributed by atoms with E-state index in [1.807, 2.05) is 54.6 Å². The minimum absolute atomic E-state index is 0.817. The first-order chi connectivity index (χ1) is 9.33. The topological polar surface area (TPSA) is 25.8 Å². The van der Waals surface area contributed by atoms with E-state index in [2.05, 4.69) is 38.0 Å². The second kappa shape index (κ2) is 5.33. The Morgan fingerprint density at radius 3 is 1.95 bits per heavy atom. The maximum absolute atomic E-state index is 4.67. The third-order valence-electron chi connectivity index (χ3n) is 2.80. The van der Waals surface area contributed by atoms with Crippen molar-refractivity contribution in [2.45, 2.75) is 0 Å². The molecule has 1 aromatic carbocycles. The summed E-state index contributed by atoms with van der Waals surface area (Å²) in [4.78, 5) is 9.10. The molecule has 0 aliphatic heterocycles. The molecule has 0 aliphatic carbocycles. The standard InChI is InChI=1S/C16H11BrN2/c17-16-11-5-10-15(19-16)14-9-4-8-13(18-14)12-6-2-1-3-7-12/h1-11H. The predicted octanol–water partition coefficient (Wildman–Crippen LogP) is 4.57. The van der Waals surface area contributed by atoms with Crippen molar-refractivity contribution in [1.82, 2.24) is 9.97 Å². The molecule has 0 spiro atoms. The van der Waals surface area contributed by atoms with Gasteiger partial charge in [-0.1, -0.05) is 42.5 Å². The minimum Gasteiger partial charge on any atom is -0.246 e. The Kier molecular flexibility index (Phi) is 3.38. The SMILES string of the molecule is Brc1cccc(-c2cccc(-c3ccccc3)n2)n1. The molecule has 2 aromatic heterocycles.